The average molecular weight is 207 g/mol. The van der Waals surface area contributed by atoms with E-state index in [1.54, 1.807) is 0 Å². The number of nitrogens with one attached hydrogen (secondary N) is 1. The van der Waals surface area contributed by atoms with Crippen LogP contribution in [0.15, 0.2) is 0 Å². The summed E-state index contributed by atoms with van der Waals surface area (Å²) in [5.41, 5.74) is 7.64. The van der Waals surface area contributed by atoms with Gasteiger partial charge < -0.3 is 11.1 Å². The summed E-state index contributed by atoms with van der Waals surface area (Å²) in [6.45, 7) is 3.85. The molecule has 0 spiro atoms. The van der Waals surface area contributed by atoms with Crippen LogP contribution >= 0.6 is 0 Å². The topological polar surface area (TPSA) is 76.7 Å². The number of aromatic nitrogens is 3. The SMILES string of the molecule is Cc1nnc(NC2CCC(N)C2)nc1C. The van der Waals surface area contributed by atoms with Gasteiger partial charge in [-0.05, 0) is 33.1 Å². The van der Waals surface area contributed by atoms with Gasteiger partial charge >= 0.3 is 0 Å². The lowest BCUT2D eigenvalue weighted by Gasteiger charge is -2.11. The van der Waals surface area contributed by atoms with Crippen molar-refractivity contribution in [3.63, 3.8) is 0 Å². The van der Waals surface area contributed by atoms with Crippen molar-refractivity contribution in [3.05, 3.63) is 11.4 Å². The summed E-state index contributed by atoms with van der Waals surface area (Å²) in [5, 5.41) is 11.3. The molecule has 1 saturated carbocycles. The van der Waals surface area contributed by atoms with Crippen LogP contribution in [0.2, 0.25) is 0 Å². The predicted molar refractivity (Wildman–Crippen MR) is 58.5 cm³/mol. The Bertz CT molecular complexity index is 352. The van der Waals surface area contributed by atoms with Crippen LogP contribution < -0.4 is 11.1 Å². The Balaban J connectivity index is 2.02. The van der Waals surface area contributed by atoms with Crippen molar-refractivity contribution in [2.45, 2.75) is 45.2 Å². The lowest BCUT2D eigenvalue weighted by Crippen LogP contribution is -2.22. The molecule has 15 heavy (non-hydrogen) atoms. The number of anilines is 1. The van der Waals surface area contributed by atoms with Crippen LogP contribution in [-0.2, 0) is 0 Å². The molecule has 2 unspecified atom stereocenters. The Labute approximate surface area is 89.5 Å². The summed E-state index contributed by atoms with van der Waals surface area (Å²) in [6, 6.07) is 0.728. The van der Waals surface area contributed by atoms with E-state index in [1.165, 1.54) is 0 Å². The van der Waals surface area contributed by atoms with Crippen LogP contribution in [0.5, 0.6) is 0 Å². The lowest BCUT2D eigenvalue weighted by atomic mass is 10.2. The lowest BCUT2D eigenvalue weighted by molar-refractivity contribution is 0.682. The number of nitrogens with zero attached hydrogens (tertiary/aromatic N) is 3. The molecule has 3 N–H and O–H groups in total. The van der Waals surface area contributed by atoms with Gasteiger partial charge in [0.15, 0.2) is 0 Å². The van der Waals surface area contributed by atoms with E-state index in [9.17, 15) is 0 Å². The van der Waals surface area contributed by atoms with Crippen LogP contribution in [0, 0.1) is 13.8 Å². The predicted octanol–water partition coefficient (Wildman–Crippen LogP) is 0.780. The minimum absolute atomic E-state index is 0.321. The fourth-order valence-electron chi connectivity index (χ4n) is 1.85. The molecule has 0 saturated heterocycles. The Morgan fingerprint density at radius 2 is 2.00 bits per heavy atom. The fourth-order valence-corrected chi connectivity index (χ4v) is 1.85. The van der Waals surface area contributed by atoms with E-state index in [2.05, 4.69) is 20.5 Å². The Morgan fingerprint density at radius 3 is 2.60 bits per heavy atom. The quantitative estimate of drug-likeness (QED) is 0.749. The molecule has 0 aliphatic heterocycles. The summed E-state index contributed by atoms with van der Waals surface area (Å²) in [5.74, 6) is 0.622. The van der Waals surface area contributed by atoms with E-state index < -0.39 is 0 Å². The van der Waals surface area contributed by atoms with Gasteiger partial charge in [0.05, 0.1) is 11.4 Å². The normalized spacial score (nSPS) is 25.5. The van der Waals surface area contributed by atoms with Gasteiger partial charge in [0.2, 0.25) is 5.95 Å². The smallest absolute Gasteiger partial charge is 0.243 e. The number of hydrogen-bond donors (Lipinski definition) is 2. The van der Waals surface area contributed by atoms with Crippen molar-refractivity contribution >= 4 is 5.95 Å². The molecule has 0 aromatic carbocycles. The third-order valence-corrected chi connectivity index (χ3v) is 2.90. The minimum Gasteiger partial charge on any atom is -0.350 e. The number of nitrogens with two attached hydrogens (primary N) is 1. The minimum atomic E-state index is 0.321. The van der Waals surface area contributed by atoms with E-state index in [0.717, 1.165) is 30.7 Å². The van der Waals surface area contributed by atoms with Crippen molar-refractivity contribution in [2.24, 2.45) is 5.73 Å². The van der Waals surface area contributed by atoms with Crippen molar-refractivity contribution in [3.8, 4) is 0 Å². The van der Waals surface area contributed by atoms with Crippen LogP contribution in [-0.4, -0.2) is 27.3 Å². The van der Waals surface area contributed by atoms with Gasteiger partial charge in [0.25, 0.3) is 0 Å². The maximum Gasteiger partial charge on any atom is 0.243 e. The van der Waals surface area contributed by atoms with Gasteiger partial charge in [0.1, 0.15) is 0 Å². The monoisotopic (exact) mass is 207 g/mol. The van der Waals surface area contributed by atoms with Crippen molar-refractivity contribution in [1.29, 1.82) is 0 Å². The number of rotatable bonds is 2. The third kappa shape index (κ3) is 2.41. The molecule has 1 heterocycles. The van der Waals surface area contributed by atoms with Crippen molar-refractivity contribution in [2.75, 3.05) is 5.32 Å². The maximum absolute atomic E-state index is 5.84. The molecule has 1 aromatic heterocycles. The van der Waals surface area contributed by atoms with E-state index in [4.69, 9.17) is 5.73 Å². The van der Waals surface area contributed by atoms with Gasteiger partial charge in [0, 0.05) is 12.1 Å². The van der Waals surface area contributed by atoms with Crippen LogP contribution in [0.25, 0.3) is 0 Å². The Morgan fingerprint density at radius 1 is 1.20 bits per heavy atom. The molecular weight excluding hydrogens is 190 g/mol. The first-order valence-electron chi connectivity index (χ1n) is 5.35. The largest absolute Gasteiger partial charge is 0.350 e. The molecule has 1 fully saturated rings. The molecule has 1 aliphatic rings. The zero-order valence-corrected chi connectivity index (χ0v) is 9.20. The summed E-state index contributed by atoms with van der Waals surface area (Å²) in [7, 11) is 0. The zero-order chi connectivity index (χ0) is 10.8. The summed E-state index contributed by atoms with van der Waals surface area (Å²) >= 11 is 0. The second-order valence-corrected chi connectivity index (χ2v) is 4.22. The highest BCUT2D eigenvalue weighted by Gasteiger charge is 2.22. The molecule has 5 heteroatoms. The first kappa shape index (κ1) is 10.3. The van der Waals surface area contributed by atoms with E-state index in [0.29, 0.717) is 18.0 Å². The molecule has 0 radical (unpaired) electrons. The Kier molecular flexibility index (Phi) is 2.81. The fraction of sp³-hybridized carbons (Fsp3) is 0.700. The van der Waals surface area contributed by atoms with Gasteiger partial charge in [-0.15, -0.1) is 5.10 Å². The average Bonchev–Trinajstić information content (AvgIpc) is 2.58. The van der Waals surface area contributed by atoms with Gasteiger partial charge in [-0.2, -0.15) is 5.10 Å². The molecule has 5 nitrogen and oxygen atoms in total. The number of aryl methyl sites for hydroxylation is 2. The first-order chi connectivity index (χ1) is 7.15. The van der Waals surface area contributed by atoms with E-state index in [1.807, 2.05) is 13.8 Å². The second-order valence-electron chi connectivity index (χ2n) is 4.22. The van der Waals surface area contributed by atoms with Gasteiger partial charge in [-0.1, -0.05) is 0 Å². The van der Waals surface area contributed by atoms with Crippen molar-refractivity contribution in [1.82, 2.24) is 15.2 Å². The summed E-state index contributed by atoms with van der Waals surface area (Å²) < 4.78 is 0. The highest BCUT2D eigenvalue weighted by Crippen LogP contribution is 2.19. The molecule has 2 atom stereocenters. The summed E-state index contributed by atoms with van der Waals surface area (Å²) in [6.07, 6.45) is 3.17. The molecule has 1 aliphatic carbocycles. The maximum atomic E-state index is 5.84. The molecule has 82 valence electrons. The highest BCUT2D eigenvalue weighted by atomic mass is 15.2. The third-order valence-electron chi connectivity index (χ3n) is 2.90. The Hall–Kier alpha value is -1.23. The number of hydrogen-bond acceptors (Lipinski definition) is 5. The molecular formula is C10H17N5. The summed E-state index contributed by atoms with van der Waals surface area (Å²) in [4.78, 5) is 4.34. The van der Waals surface area contributed by atoms with E-state index >= 15 is 0 Å². The molecule has 2 rings (SSSR count). The van der Waals surface area contributed by atoms with Gasteiger partial charge in [-0.3, -0.25) is 0 Å². The molecule has 0 bridgehead atoms. The second kappa shape index (κ2) is 4.10. The highest BCUT2D eigenvalue weighted by molar-refractivity contribution is 5.26. The standard InChI is InChI=1S/C10H17N5/c1-6-7(2)14-15-10(12-6)13-9-4-3-8(11)5-9/h8-9H,3-5,11H2,1-2H3,(H,12,13,15). The van der Waals surface area contributed by atoms with Gasteiger partial charge in [-0.25, -0.2) is 4.98 Å². The van der Waals surface area contributed by atoms with Crippen LogP contribution in [0.3, 0.4) is 0 Å². The molecule has 1 aromatic rings. The zero-order valence-electron chi connectivity index (χ0n) is 9.20. The van der Waals surface area contributed by atoms with Crippen molar-refractivity contribution < 1.29 is 0 Å². The van der Waals surface area contributed by atoms with Crippen LogP contribution in [0.1, 0.15) is 30.7 Å². The van der Waals surface area contributed by atoms with Crippen LogP contribution in [0.4, 0.5) is 5.95 Å². The first-order valence-corrected chi connectivity index (χ1v) is 5.35. The van der Waals surface area contributed by atoms with E-state index in [-0.39, 0.29) is 0 Å². The molecule has 0 amide bonds.